The molecule has 2 bridgehead atoms. The topological polar surface area (TPSA) is 0 Å². The Labute approximate surface area is 169 Å². The molecule has 0 N–H and O–H groups in total. The van der Waals surface area contributed by atoms with Crippen LogP contribution in [-0.2, 0) is 0 Å². The lowest BCUT2D eigenvalue weighted by molar-refractivity contribution is -0.0404. The summed E-state index contributed by atoms with van der Waals surface area (Å²) < 4.78 is 0. The summed E-state index contributed by atoms with van der Waals surface area (Å²) in [5.74, 6) is 10.2. The third-order valence-electron chi connectivity index (χ3n) is 10.7. The largest absolute Gasteiger partial charge is 0.0651 e. The second-order valence-electron chi connectivity index (χ2n) is 11.6. The van der Waals surface area contributed by atoms with Crippen LogP contribution in [0.1, 0.15) is 116 Å². The normalized spacial score (nSPS) is 50.8. The van der Waals surface area contributed by atoms with Gasteiger partial charge >= 0.3 is 0 Å². The van der Waals surface area contributed by atoms with Gasteiger partial charge < -0.3 is 0 Å². The van der Waals surface area contributed by atoms with Crippen molar-refractivity contribution in [3.63, 3.8) is 0 Å². The molecule has 0 aromatic heterocycles. The van der Waals surface area contributed by atoms with Gasteiger partial charge in [-0.25, -0.2) is 0 Å². The second kappa shape index (κ2) is 8.39. The molecule has 5 saturated carbocycles. The standard InChI is InChI=1S/C27H46/c1-2-19-11-7-8-12-21(19)20-17-26-24-13-5-3-4-6-14-25(27(26)18-20)23-16-10-9-15-22(23)24/h19-27H,2-18H2,1H3. The highest BCUT2D eigenvalue weighted by atomic mass is 14.6. The van der Waals surface area contributed by atoms with E-state index in [2.05, 4.69) is 6.92 Å². The monoisotopic (exact) mass is 370 g/mol. The zero-order valence-corrected chi connectivity index (χ0v) is 18.2. The van der Waals surface area contributed by atoms with Gasteiger partial charge in [0.1, 0.15) is 0 Å². The van der Waals surface area contributed by atoms with E-state index in [1.165, 1.54) is 12.8 Å². The average Bonchev–Trinajstić information content (AvgIpc) is 3.17. The summed E-state index contributed by atoms with van der Waals surface area (Å²) in [5.41, 5.74) is 0. The molecule has 0 heteroatoms. The minimum Gasteiger partial charge on any atom is -0.0651 e. The average molecular weight is 371 g/mol. The molecule has 154 valence electrons. The van der Waals surface area contributed by atoms with E-state index >= 15 is 0 Å². The fourth-order valence-electron chi connectivity index (χ4n) is 9.70. The zero-order valence-electron chi connectivity index (χ0n) is 18.2. The summed E-state index contributed by atoms with van der Waals surface area (Å²) in [6.45, 7) is 2.49. The van der Waals surface area contributed by atoms with Crippen LogP contribution in [-0.4, -0.2) is 0 Å². The lowest BCUT2D eigenvalue weighted by atomic mass is 9.52. The molecule has 8 unspecified atom stereocenters. The quantitative estimate of drug-likeness (QED) is 0.459. The number of rotatable bonds is 2. The number of hydrogen-bond acceptors (Lipinski definition) is 0. The first-order valence-corrected chi connectivity index (χ1v) is 13.4. The third-order valence-corrected chi connectivity index (χ3v) is 10.7. The molecule has 0 heterocycles. The van der Waals surface area contributed by atoms with Crippen LogP contribution in [0.4, 0.5) is 0 Å². The molecule has 5 aliphatic carbocycles. The lowest BCUT2D eigenvalue weighted by Gasteiger charge is -2.53. The van der Waals surface area contributed by atoms with Gasteiger partial charge in [0.15, 0.2) is 0 Å². The molecule has 8 atom stereocenters. The van der Waals surface area contributed by atoms with Crippen molar-refractivity contribution in [2.45, 2.75) is 116 Å². The van der Waals surface area contributed by atoms with Crippen LogP contribution in [0.25, 0.3) is 0 Å². The van der Waals surface area contributed by atoms with E-state index < -0.39 is 0 Å². The summed E-state index contributed by atoms with van der Waals surface area (Å²) in [5, 5.41) is 0. The van der Waals surface area contributed by atoms with Gasteiger partial charge in [-0.1, -0.05) is 71.1 Å². The highest BCUT2D eigenvalue weighted by molar-refractivity contribution is 5.03. The van der Waals surface area contributed by atoms with Crippen LogP contribution in [0.2, 0.25) is 0 Å². The Bertz CT molecular complexity index is 448. The minimum absolute atomic E-state index is 1.08. The Kier molecular flexibility index (Phi) is 5.90. The molecule has 0 aromatic carbocycles. The van der Waals surface area contributed by atoms with Crippen molar-refractivity contribution >= 4 is 0 Å². The van der Waals surface area contributed by atoms with Gasteiger partial charge in [-0.2, -0.15) is 0 Å². The van der Waals surface area contributed by atoms with Crippen LogP contribution in [0.3, 0.4) is 0 Å². The van der Waals surface area contributed by atoms with Crippen molar-refractivity contribution in [1.29, 1.82) is 0 Å². The zero-order chi connectivity index (χ0) is 18.2. The Morgan fingerprint density at radius 2 is 0.852 bits per heavy atom. The first-order valence-electron chi connectivity index (χ1n) is 13.4. The predicted molar refractivity (Wildman–Crippen MR) is 116 cm³/mol. The highest BCUT2D eigenvalue weighted by Gasteiger charge is 2.54. The Hall–Kier alpha value is 0. The molecule has 0 radical (unpaired) electrons. The molecule has 5 fully saturated rings. The van der Waals surface area contributed by atoms with Crippen molar-refractivity contribution in [2.24, 2.45) is 53.3 Å². The molecule has 0 amide bonds. The second-order valence-corrected chi connectivity index (χ2v) is 11.6. The SMILES string of the molecule is CCC1CCCCC1C1CC2C3CCCCCCC(C4CCCCC43)C2C1. The van der Waals surface area contributed by atoms with Crippen molar-refractivity contribution in [3.8, 4) is 0 Å². The van der Waals surface area contributed by atoms with Crippen molar-refractivity contribution < 1.29 is 0 Å². The smallest absolute Gasteiger partial charge is 0.0349 e. The summed E-state index contributed by atoms with van der Waals surface area (Å²) in [6.07, 6.45) is 26.8. The van der Waals surface area contributed by atoms with Gasteiger partial charge in [-0.05, 0) is 98.2 Å². The number of hydrogen-bond donors (Lipinski definition) is 0. The van der Waals surface area contributed by atoms with E-state index in [0.29, 0.717) is 0 Å². The number of fused-ring (bicyclic) bond motifs is 3. The maximum atomic E-state index is 2.49. The lowest BCUT2D eigenvalue weighted by Crippen LogP contribution is -2.46. The van der Waals surface area contributed by atoms with Crippen LogP contribution in [0.15, 0.2) is 0 Å². The molecule has 0 aromatic rings. The van der Waals surface area contributed by atoms with Gasteiger partial charge in [0.05, 0.1) is 0 Å². The molecule has 5 aliphatic rings. The van der Waals surface area contributed by atoms with Gasteiger partial charge in [0.2, 0.25) is 0 Å². The Morgan fingerprint density at radius 3 is 1.37 bits per heavy atom. The van der Waals surface area contributed by atoms with Crippen molar-refractivity contribution in [3.05, 3.63) is 0 Å². The Balaban J connectivity index is 1.41. The molecule has 27 heavy (non-hydrogen) atoms. The maximum Gasteiger partial charge on any atom is -0.0349 e. The van der Waals surface area contributed by atoms with Crippen LogP contribution >= 0.6 is 0 Å². The molecule has 0 spiro atoms. The van der Waals surface area contributed by atoms with E-state index in [9.17, 15) is 0 Å². The molecule has 0 saturated heterocycles. The summed E-state index contributed by atoms with van der Waals surface area (Å²) in [7, 11) is 0. The highest BCUT2D eigenvalue weighted by Crippen LogP contribution is 2.62. The first-order chi connectivity index (χ1) is 13.4. The van der Waals surface area contributed by atoms with Crippen LogP contribution < -0.4 is 0 Å². The first kappa shape index (κ1) is 19.0. The molecule has 5 rings (SSSR count). The minimum atomic E-state index is 1.08. The summed E-state index contributed by atoms with van der Waals surface area (Å²) in [6, 6.07) is 0. The summed E-state index contributed by atoms with van der Waals surface area (Å²) in [4.78, 5) is 0. The summed E-state index contributed by atoms with van der Waals surface area (Å²) >= 11 is 0. The fourth-order valence-corrected chi connectivity index (χ4v) is 9.70. The Morgan fingerprint density at radius 1 is 0.444 bits per heavy atom. The van der Waals surface area contributed by atoms with E-state index in [0.717, 1.165) is 53.3 Å². The van der Waals surface area contributed by atoms with E-state index in [-0.39, 0.29) is 0 Å². The third kappa shape index (κ3) is 3.54. The molecular weight excluding hydrogens is 324 g/mol. The molecule has 0 nitrogen and oxygen atoms in total. The van der Waals surface area contributed by atoms with Crippen LogP contribution in [0.5, 0.6) is 0 Å². The van der Waals surface area contributed by atoms with E-state index in [4.69, 9.17) is 0 Å². The van der Waals surface area contributed by atoms with Crippen LogP contribution in [0, 0.1) is 53.3 Å². The fraction of sp³-hybridized carbons (Fsp3) is 1.00. The van der Waals surface area contributed by atoms with Gasteiger partial charge in [-0.15, -0.1) is 0 Å². The van der Waals surface area contributed by atoms with Gasteiger partial charge in [0, 0.05) is 0 Å². The predicted octanol–water partition coefficient (Wildman–Crippen LogP) is 8.25. The van der Waals surface area contributed by atoms with Gasteiger partial charge in [0.25, 0.3) is 0 Å². The van der Waals surface area contributed by atoms with E-state index in [1.54, 1.807) is 96.3 Å². The molecular formula is C27H46. The van der Waals surface area contributed by atoms with Crippen molar-refractivity contribution in [2.75, 3.05) is 0 Å². The van der Waals surface area contributed by atoms with Gasteiger partial charge in [-0.3, -0.25) is 0 Å². The molecule has 0 aliphatic heterocycles. The van der Waals surface area contributed by atoms with Crippen molar-refractivity contribution in [1.82, 2.24) is 0 Å². The van der Waals surface area contributed by atoms with E-state index in [1.807, 2.05) is 0 Å². The maximum absolute atomic E-state index is 2.49.